The minimum Gasteiger partial charge on any atom is -0.493 e. The third-order valence-electron chi connectivity index (χ3n) is 6.61. The molecular formula is C31H28ClNO3. The van der Waals surface area contributed by atoms with E-state index in [1.54, 1.807) is 0 Å². The van der Waals surface area contributed by atoms with E-state index in [1.807, 2.05) is 65.2 Å². The molecule has 1 N–H and O–H groups in total. The maximum atomic E-state index is 12.7. The molecule has 5 aromatic rings. The molecule has 36 heavy (non-hydrogen) atoms. The minimum absolute atomic E-state index is 0.245. The first-order valence-corrected chi connectivity index (χ1v) is 12.6. The second kappa shape index (κ2) is 10.1. The Hall–Kier alpha value is -3.76. The van der Waals surface area contributed by atoms with Gasteiger partial charge in [-0.3, -0.25) is 0 Å². The molecule has 0 saturated heterocycles. The van der Waals surface area contributed by atoms with Crippen LogP contribution in [0.2, 0.25) is 5.02 Å². The van der Waals surface area contributed by atoms with Gasteiger partial charge in [-0.2, -0.15) is 0 Å². The molecule has 1 heterocycles. The first-order chi connectivity index (χ1) is 17.5. The van der Waals surface area contributed by atoms with Crippen molar-refractivity contribution in [2.75, 3.05) is 6.61 Å². The van der Waals surface area contributed by atoms with Crippen LogP contribution in [0.3, 0.4) is 0 Å². The lowest BCUT2D eigenvalue weighted by molar-refractivity contribution is 0.0686. The first-order valence-electron chi connectivity index (χ1n) is 12.2. The van der Waals surface area contributed by atoms with E-state index < -0.39 is 5.97 Å². The summed E-state index contributed by atoms with van der Waals surface area (Å²) in [5.41, 5.74) is 3.90. The van der Waals surface area contributed by atoms with Crippen LogP contribution in [0.25, 0.3) is 32.8 Å². The third kappa shape index (κ3) is 4.45. The van der Waals surface area contributed by atoms with Gasteiger partial charge < -0.3 is 14.4 Å². The summed E-state index contributed by atoms with van der Waals surface area (Å²) < 4.78 is 8.03. The van der Waals surface area contributed by atoms with E-state index in [0.29, 0.717) is 24.6 Å². The predicted octanol–water partition coefficient (Wildman–Crippen LogP) is 8.41. The summed E-state index contributed by atoms with van der Waals surface area (Å²) in [7, 11) is 0. The molecule has 0 spiro atoms. The summed E-state index contributed by atoms with van der Waals surface area (Å²) in [4.78, 5) is 12.7. The second-order valence-electron chi connectivity index (χ2n) is 9.26. The van der Waals surface area contributed by atoms with Crippen molar-refractivity contribution >= 4 is 39.2 Å². The fourth-order valence-electron chi connectivity index (χ4n) is 5.01. The molecular weight excluding hydrogens is 470 g/mol. The number of halogens is 1. The van der Waals surface area contributed by atoms with E-state index in [2.05, 4.69) is 38.1 Å². The lowest BCUT2D eigenvalue weighted by Crippen LogP contribution is -2.12. The van der Waals surface area contributed by atoms with Crippen LogP contribution in [0.15, 0.2) is 84.9 Å². The Kier molecular flexibility index (Phi) is 6.71. The van der Waals surface area contributed by atoms with Crippen LogP contribution in [0, 0.1) is 0 Å². The van der Waals surface area contributed by atoms with Crippen molar-refractivity contribution in [3.8, 4) is 16.9 Å². The standard InChI is InChI=1S/C31H28ClNO3/c1-20(2)23-11-5-6-13-25(23)29-26-19-22(32)15-16-27(26)33(30(29)31(34)35)17-8-18-36-28-14-7-10-21-9-3-4-12-24(21)28/h3-7,9-16,19-20H,8,17-18H2,1-2H3,(H,34,35). The summed E-state index contributed by atoms with van der Waals surface area (Å²) in [5.74, 6) is 0.127. The number of aromatic carboxylic acids is 1. The number of ether oxygens (including phenoxy) is 1. The number of fused-ring (bicyclic) bond motifs is 2. The van der Waals surface area contributed by atoms with Crippen LogP contribution < -0.4 is 4.74 Å². The summed E-state index contributed by atoms with van der Waals surface area (Å²) in [6.45, 7) is 5.22. The van der Waals surface area contributed by atoms with Crippen LogP contribution in [0.1, 0.15) is 42.2 Å². The number of benzene rings is 4. The van der Waals surface area contributed by atoms with Crippen LogP contribution in [-0.4, -0.2) is 22.2 Å². The van der Waals surface area contributed by atoms with Crippen LogP contribution >= 0.6 is 11.6 Å². The SMILES string of the molecule is CC(C)c1ccccc1-c1c(C(=O)O)n(CCCOc2cccc3ccccc23)c2ccc(Cl)cc12. The summed E-state index contributed by atoms with van der Waals surface area (Å²) >= 11 is 6.39. The molecule has 4 aromatic carbocycles. The monoisotopic (exact) mass is 497 g/mol. The molecule has 4 nitrogen and oxygen atoms in total. The Balaban J connectivity index is 1.52. The van der Waals surface area contributed by atoms with E-state index in [9.17, 15) is 9.90 Å². The van der Waals surface area contributed by atoms with Gasteiger partial charge in [0.2, 0.25) is 0 Å². The molecule has 182 valence electrons. The molecule has 1 aromatic heterocycles. The number of aryl methyl sites for hydroxylation is 1. The molecule has 0 aliphatic heterocycles. The highest BCUT2D eigenvalue weighted by molar-refractivity contribution is 6.31. The highest BCUT2D eigenvalue weighted by atomic mass is 35.5. The van der Waals surface area contributed by atoms with Gasteiger partial charge in [-0.25, -0.2) is 4.79 Å². The molecule has 0 saturated carbocycles. The zero-order valence-corrected chi connectivity index (χ0v) is 21.1. The number of hydrogen-bond acceptors (Lipinski definition) is 2. The quantitative estimate of drug-likeness (QED) is 0.219. The number of aromatic nitrogens is 1. The highest BCUT2D eigenvalue weighted by Crippen LogP contribution is 2.40. The van der Waals surface area contributed by atoms with Crippen LogP contribution in [0.4, 0.5) is 0 Å². The average Bonchev–Trinajstić information content (AvgIpc) is 3.20. The molecule has 0 aliphatic carbocycles. The Morgan fingerprint density at radius 2 is 1.69 bits per heavy atom. The molecule has 5 rings (SSSR count). The Morgan fingerprint density at radius 1 is 0.944 bits per heavy atom. The van der Waals surface area contributed by atoms with Crippen molar-refractivity contribution < 1.29 is 14.6 Å². The van der Waals surface area contributed by atoms with Crippen LogP contribution in [-0.2, 0) is 6.54 Å². The summed E-state index contributed by atoms with van der Waals surface area (Å²) in [6, 6.07) is 27.8. The van der Waals surface area contributed by atoms with Crippen molar-refractivity contribution in [3.05, 3.63) is 101 Å². The van der Waals surface area contributed by atoms with Crippen molar-refractivity contribution in [1.29, 1.82) is 0 Å². The van der Waals surface area contributed by atoms with E-state index in [4.69, 9.17) is 16.3 Å². The normalized spacial score (nSPS) is 11.4. The van der Waals surface area contributed by atoms with Crippen LogP contribution in [0.5, 0.6) is 5.75 Å². The summed E-state index contributed by atoms with van der Waals surface area (Å²) in [5, 5.41) is 14.0. The Labute approximate surface area is 215 Å². The van der Waals surface area contributed by atoms with Gasteiger partial charge in [0.1, 0.15) is 11.4 Å². The smallest absolute Gasteiger partial charge is 0.353 e. The van der Waals surface area contributed by atoms with Gasteiger partial charge in [-0.05, 0) is 53.1 Å². The summed E-state index contributed by atoms with van der Waals surface area (Å²) in [6.07, 6.45) is 0.654. The molecule has 0 bridgehead atoms. The predicted molar refractivity (Wildman–Crippen MR) is 147 cm³/mol. The lowest BCUT2D eigenvalue weighted by atomic mass is 9.91. The van der Waals surface area contributed by atoms with Gasteiger partial charge in [-0.1, -0.05) is 86.1 Å². The number of carboxylic acids is 1. The highest BCUT2D eigenvalue weighted by Gasteiger charge is 2.25. The zero-order chi connectivity index (χ0) is 25.2. The van der Waals surface area contributed by atoms with E-state index in [0.717, 1.165) is 44.1 Å². The van der Waals surface area contributed by atoms with Crippen molar-refractivity contribution in [1.82, 2.24) is 4.57 Å². The van der Waals surface area contributed by atoms with Crippen molar-refractivity contribution in [2.45, 2.75) is 32.7 Å². The fraction of sp³-hybridized carbons (Fsp3) is 0.194. The van der Waals surface area contributed by atoms with Gasteiger partial charge in [0.05, 0.1) is 6.61 Å². The molecule has 0 atom stereocenters. The number of nitrogens with zero attached hydrogens (tertiary/aromatic N) is 1. The molecule has 0 unspecified atom stereocenters. The van der Waals surface area contributed by atoms with E-state index in [1.165, 1.54) is 0 Å². The Morgan fingerprint density at radius 3 is 2.50 bits per heavy atom. The van der Waals surface area contributed by atoms with E-state index in [-0.39, 0.29) is 11.6 Å². The number of rotatable bonds is 8. The van der Waals surface area contributed by atoms with Crippen molar-refractivity contribution in [3.63, 3.8) is 0 Å². The second-order valence-corrected chi connectivity index (χ2v) is 9.70. The van der Waals surface area contributed by atoms with Gasteiger partial charge in [0.25, 0.3) is 0 Å². The van der Waals surface area contributed by atoms with Gasteiger partial charge in [0.15, 0.2) is 0 Å². The maximum Gasteiger partial charge on any atom is 0.353 e. The van der Waals surface area contributed by atoms with Gasteiger partial charge >= 0.3 is 5.97 Å². The molecule has 0 radical (unpaired) electrons. The fourth-order valence-corrected chi connectivity index (χ4v) is 5.18. The number of carbonyl (C=O) groups is 1. The molecule has 0 fully saturated rings. The molecule has 0 amide bonds. The van der Waals surface area contributed by atoms with Gasteiger partial charge in [0, 0.05) is 33.4 Å². The first kappa shape index (κ1) is 24.0. The zero-order valence-electron chi connectivity index (χ0n) is 20.4. The maximum absolute atomic E-state index is 12.7. The topological polar surface area (TPSA) is 51.5 Å². The number of carboxylic acid groups (broad SMARTS) is 1. The largest absolute Gasteiger partial charge is 0.493 e. The lowest BCUT2D eigenvalue weighted by Gasteiger charge is -2.14. The van der Waals surface area contributed by atoms with E-state index >= 15 is 0 Å². The average molecular weight is 498 g/mol. The molecule has 0 aliphatic rings. The Bertz CT molecular complexity index is 1560. The molecule has 5 heteroatoms. The third-order valence-corrected chi connectivity index (χ3v) is 6.85. The van der Waals surface area contributed by atoms with Gasteiger partial charge in [-0.15, -0.1) is 0 Å². The minimum atomic E-state index is -0.953. The van der Waals surface area contributed by atoms with Crippen molar-refractivity contribution in [2.24, 2.45) is 0 Å². The number of hydrogen-bond donors (Lipinski definition) is 1.